The van der Waals surface area contributed by atoms with Crippen LogP contribution in [0, 0.1) is 0 Å². The first kappa shape index (κ1) is 13.3. The molecule has 2 aromatic carbocycles. The third-order valence-electron chi connectivity index (χ3n) is 3.60. The van der Waals surface area contributed by atoms with E-state index in [2.05, 4.69) is 51.6 Å². The van der Waals surface area contributed by atoms with Crippen LogP contribution in [0.4, 0.5) is 5.69 Å². The minimum atomic E-state index is 0.253. The fraction of sp³-hybridized carbons (Fsp3) is 0.250. The summed E-state index contributed by atoms with van der Waals surface area (Å²) in [7, 11) is 3.35. The third-order valence-corrected chi connectivity index (χ3v) is 4.09. The van der Waals surface area contributed by atoms with Crippen LogP contribution in [0.3, 0.4) is 0 Å². The van der Waals surface area contributed by atoms with Crippen molar-refractivity contribution in [3.8, 4) is 11.5 Å². The molecule has 1 aliphatic heterocycles. The van der Waals surface area contributed by atoms with Gasteiger partial charge in [-0.05, 0) is 47.9 Å². The number of hydrogen-bond donors (Lipinski definition) is 1. The van der Waals surface area contributed by atoms with E-state index >= 15 is 0 Å². The van der Waals surface area contributed by atoms with Gasteiger partial charge < -0.3 is 14.8 Å². The Morgan fingerprint density at radius 3 is 2.40 bits per heavy atom. The summed E-state index contributed by atoms with van der Waals surface area (Å²) >= 11 is 3.52. The lowest BCUT2D eigenvalue weighted by molar-refractivity contribution is 0.393. The second-order valence-corrected chi connectivity index (χ2v) is 5.76. The zero-order valence-corrected chi connectivity index (χ0v) is 13.0. The Kier molecular flexibility index (Phi) is 3.57. The first-order valence-electron chi connectivity index (χ1n) is 6.47. The van der Waals surface area contributed by atoms with Crippen LogP contribution in [0.2, 0.25) is 0 Å². The van der Waals surface area contributed by atoms with Crippen LogP contribution >= 0.6 is 15.9 Å². The number of benzene rings is 2. The van der Waals surface area contributed by atoms with E-state index in [-0.39, 0.29) is 6.04 Å². The first-order chi connectivity index (χ1) is 9.69. The quantitative estimate of drug-likeness (QED) is 0.914. The van der Waals surface area contributed by atoms with Crippen LogP contribution in [-0.4, -0.2) is 14.2 Å². The van der Waals surface area contributed by atoms with Crippen molar-refractivity contribution >= 4 is 21.6 Å². The van der Waals surface area contributed by atoms with Crippen LogP contribution in [0.1, 0.15) is 17.2 Å². The first-order valence-corrected chi connectivity index (χ1v) is 7.27. The second kappa shape index (κ2) is 5.37. The van der Waals surface area contributed by atoms with Crippen molar-refractivity contribution in [3.05, 3.63) is 52.0 Å². The molecule has 1 heterocycles. The minimum absolute atomic E-state index is 0.253. The normalized spacial score (nSPS) is 16.4. The van der Waals surface area contributed by atoms with Gasteiger partial charge in [-0.15, -0.1) is 0 Å². The molecule has 1 N–H and O–H groups in total. The molecule has 2 aromatic rings. The predicted molar refractivity (Wildman–Crippen MR) is 83.8 cm³/mol. The average molecular weight is 334 g/mol. The molecule has 1 unspecified atom stereocenters. The molecule has 0 spiro atoms. The van der Waals surface area contributed by atoms with Gasteiger partial charge in [-0.1, -0.05) is 15.9 Å². The van der Waals surface area contributed by atoms with E-state index < -0.39 is 0 Å². The number of rotatable bonds is 3. The van der Waals surface area contributed by atoms with Gasteiger partial charge in [0, 0.05) is 16.2 Å². The molecule has 104 valence electrons. The van der Waals surface area contributed by atoms with Gasteiger partial charge in [-0.2, -0.15) is 0 Å². The summed E-state index contributed by atoms with van der Waals surface area (Å²) in [6, 6.07) is 12.6. The topological polar surface area (TPSA) is 30.5 Å². The van der Waals surface area contributed by atoms with Gasteiger partial charge in [-0.3, -0.25) is 0 Å². The van der Waals surface area contributed by atoms with E-state index in [1.807, 2.05) is 6.07 Å². The number of ether oxygens (including phenoxy) is 2. The van der Waals surface area contributed by atoms with Gasteiger partial charge in [0.15, 0.2) is 0 Å². The summed E-state index contributed by atoms with van der Waals surface area (Å²) in [5, 5.41) is 3.55. The Bertz CT molecular complexity index is 620. The molecule has 1 atom stereocenters. The highest BCUT2D eigenvalue weighted by Crippen LogP contribution is 2.37. The van der Waals surface area contributed by atoms with Gasteiger partial charge >= 0.3 is 0 Å². The van der Waals surface area contributed by atoms with Crippen molar-refractivity contribution in [3.63, 3.8) is 0 Å². The van der Waals surface area contributed by atoms with Crippen LogP contribution in [0.25, 0.3) is 0 Å². The lowest BCUT2D eigenvalue weighted by Crippen LogP contribution is -2.06. The van der Waals surface area contributed by atoms with E-state index in [4.69, 9.17) is 9.47 Å². The van der Waals surface area contributed by atoms with Crippen molar-refractivity contribution < 1.29 is 9.47 Å². The monoisotopic (exact) mass is 333 g/mol. The average Bonchev–Trinajstić information content (AvgIpc) is 2.89. The van der Waals surface area contributed by atoms with E-state index in [0.29, 0.717) is 0 Å². The van der Waals surface area contributed by atoms with E-state index in [1.165, 1.54) is 16.8 Å². The molecule has 0 fully saturated rings. The largest absolute Gasteiger partial charge is 0.497 e. The smallest absolute Gasteiger partial charge is 0.122 e. The molecule has 0 radical (unpaired) electrons. The fourth-order valence-electron chi connectivity index (χ4n) is 2.56. The van der Waals surface area contributed by atoms with Crippen molar-refractivity contribution in [2.24, 2.45) is 0 Å². The Balaban J connectivity index is 1.92. The zero-order valence-electron chi connectivity index (χ0n) is 11.4. The highest BCUT2D eigenvalue weighted by molar-refractivity contribution is 9.10. The zero-order chi connectivity index (χ0) is 14.1. The van der Waals surface area contributed by atoms with Crippen LogP contribution < -0.4 is 14.8 Å². The van der Waals surface area contributed by atoms with Gasteiger partial charge in [0.2, 0.25) is 0 Å². The van der Waals surface area contributed by atoms with Gasteiger partial charge in [-0.25, -0.2) is 0 Å². The summed E-state index contributed by atoms with van der Waals surface area (Å²) in [5.74, 6) is 1.64. The molecule has 1 aliphatic rings. The van der Waals surface area contributed by atoms with Crippen molar-refractivity contribution in [2.45, 2.75) is 12.5 Å². The maximum absolute atomic E-state index is 5.34. The van der Waals surface area contributed by atoms with Gasteiger partial charge in [0.05, 0.1) is 20.3 Å². The lowest BCUT2D eigenvalue weighted by atomic mass is 10.0. The summed E-state index contributed by atoms with van der Waals surface area (Å²) in [4.78, 5) is 0. The SMILES string of the molecule is COc1cc(OC)cc(C2Cc3cc(Br)ccc3N2)c1. The molecule has 0 saturated carbocycles. The maximum Gasteiger partial charge on any atom is 0.122 e. The Morgan fingerprint density at radius 2 is 1.75 bits per heavy atom. The number of methoxy groups -OCH3 is 2. The summed E-state index contributed by atoms with van der Waals surface area (Å²) in [6.07, 6.45) is 0.963. The summed E-state index contributed by atoms with van der Waals surface area (Å²) in [6.45, 7) is 0. The summed E-state index contributed by atoms with van der Waals surface area (Å²) < 4.78 is 11.8. The van der Waals surface area contributed by atoms with E-state index in [0.717, 1.165) is 22.4 Å². The molecule has 0 aliphatic carbocycles. The fourth-order valence-corrected chi connectivity index (χ4v) is 2.97. The third kappa shape index (κ3) is 2.48. The Labute approximate surface area is 127 Å². The molecular weight excluding hydrogens is 318 g/mol. The van der Waals surface area contributed by atoms with Gasteiger partial charge in [0.25, 0.3) is 0 Å². The van der Waals surface area contributed by atoms with Crippen LogP contribution in [0.5, 0.6) is 11.5 Å². The molecular formula is C16H16BrNO2. The van der Waals surface area contributed by atoms with Crippen LogP contribution in [0.15, 0.2) is 40.9 Å². The molecule has 0 aromatic heterocycles. The highest BCUT2D eigenvalue weighted by Gasteiger charge is 2.23. The number of fused-ring (bicyclic) bond motifs is 1. The summed E-state index contributed by atoms with van der Waals surface area (Å²) in [5.41, 5.74) is 3.69. The van der Waals surface area contributed by atoms with Crippen molar-refractivity contribution in [1.82, 2.24) is 0 Å². The van der Waals surface area contributed by atoms with Crippen LogP contribution in [-0.2, 0) is 6.42 Å². The number of anilines is 1. The number of nitrogens with one attached hydrogen (secondary N) is 1. The predicted octanol–water partition coefficient (Wildman–Crippen LogP) is 4.18. The second-order valence-electron chi connectivity index (χ2n) is 4.85. The molecule has 0 bridgehead atoms. The Morgan fingerprint density at radius 1 is 1.05 bits per heavy atom. The molecule has 3 rings (SSSR count). The maximum atomic E-state index is 5.34. The number of halogens is 1. The molecule has 0 saturated heterocycles. The standard InChI is InChI=1S/C16H16BrNO2/c1-19-13-6-11(7-14(9-13)20-2)16-8-10-5-12(17)3-4-15(10)18-16/h3-7,9,16,18H,8H2,1-2H3. The van der Waals surface area contributed by atoms with Gasteiger partial charge in [0.1, 0.15) is 11.5 Å². The molecule has 4 heteroatoms. The molecule has 0 amide bonds. The van der Waals surface area contributed by atoms with Crippen molar-refractivity contribution in [1.29, 1.82) is 0 Å². The van der Waals surface area contributed by atoms with E-state index in [9.17, 15) is 0 Å². The molecule has 3 nitrogen and oxygen atoms in total. The van der Waals surface area contributed by atoms with E-state index in [1.54, 1.807) is 14.2 Å². The molecule has 20 heavy (non-hydrogen) atoms. The highest BCUT2D eigenvalue weighted by atomic mass is 79.9. The van der Waals surface area contributed by atoms with Crippen molar-refractivity contribution in [2.75, 3.05) is 19.5 Å². The Hall–Kier alpha value is -1.68. The number of hydrogen-bond acceptors (Lipinski definition) is 3. The lowest BCUT2D eigenvalue weighted by Gasteiger charge is -2.14. The minimum Gasteiger partial charge on any atom is -0.497 e.